The molecule has 2 N–H and O–H groups in total. The topological polar surface area (TPSA) is 63.2 Å². The smallest absolute Gasteiger partial charge is 0.426 e. The molecule has 5 nitrogen and oxygen atoms in total. The molecule has 2 aromatic rings. The molecule has 0 fully saturated rings. The number of hydrogen-bond acceptors (Lipinski definition) is 4. The highest BCUT2D eigenvalue weighted by atomic mass is 16.6. The van der Waals surface area contributed by atoms with E-state index in [-0.39, 0.29) is 0 Å². The number of rotatable bonds is 2. The number of nitrogens with zero attached hydrogens (tertiary/aromatic N) is 1. The van der Waals surface area contributed by atoms with Crippen LogP contribution in [0.15, 0.2) is 36.5 Å². The van der Waals surface area contributed by atoms with E-state index in [2.05, 4.69) is 15.8 Å². The number of aromatic nitrogens is 1. The Bertz CT molecular complexity index is 585. The predicted octanol–water partition coefficient (Wildman–Crippen LogP) is 3.09. The van der Waals surface area contributed by atoms with Crippen LogP contribution in [0.5, 0.6) is 0 Å². The van der Waals surface area contributed by atoms with Crippen molar-refractivity contribution in [2.75, 3.05) is 5.43 Å². The second-order valence-corrected chi connectivity index (χ2v) is 5.13. The number of anilines is 1. The molecular weight excluding hydrogens is 242 g/mol. The lowest BCUT2D eigenvalue weighted by molar-refractivity contribution is 0.0541. The maximum Gasteiger partial charge on any atom is 0.426 e. The summed E-state index contributed by atoms with van der Waals surface area (Å²) < 4.78 is 5.14. The SMILES string of the molecule is CC(C)(C)OC(=O)NNc1cccc2ncccc12. The summed E-state index contributed by atoms with van der Waals surface area (Å²) in [6.07, 6.45) is 1.21. The molecule has 0 saturated heterocycles. The molecule has 1 aromatic heterocycles. The van der Waals surface area contributed by atoms with E-state index in [1.165, 1.54) is 0 Å². The summed E-state index contributed by atoms with van der Waals surface area (Å²) >= 11 is 0. The first-order valence-corrected chi connectivity index (χ1v) is 6.04. The zero-order valence-electron chi connectivity index (χ0n) is 11.2. The van der Waals surface area contributed by atoms with E-state index < -0.39 is 11.7 Å². The fourth-order valence-corrected chi connectivity index (χ4v) is 1.63. The number of pyridine rings is 1. The Morgan fingerprint density at radius 1 is 1.21 bits per heavy atom. The number of hydrazine groups is 1. The quantitative estimate of drug-likeness (QED) is 0.813. The Morgan fingerprint density at radius 3 is 2.74 bits per heavy atom. The molecule has 5 heteroatoms. The van der Waals surface area contributed by atoms with Gasteiger partial charge in [-0.1, -0.05) is 6.07 Å². The molecule has 0 unspecified atom stereocenters. The van der Waals surface area contributed by atoms with E-state index in [0.29, 0.717) is 0 Å². The number of amides is 1. The molecular formula is C14H17N3O2. The Kier molecular flexibility index (Phi) is 3.55. The summed E-state index contributed by atoms with van der Waals surface area (Å²) in [5, 5.41) is 0.932. The van der Waals surface area contributed by atoms with Crippen molar-refractivity contribution in [2.45, 2.75) is 26.4 Å². The zero-order valence-corrected chi connectivity index (χ0v) is 11.2. The zero-order chi connectivity index (χ0) is 13.9. The minimum absolute atomic E-state index is 0.520. The molecule has 0 saturated carbocycles. The van der Waals surface area contributed by atoms with Crippen molar-refractivity contribution in [3.8, 4) is 0 Å². The average Bonchev–Trinajstić information content (AvgIpc) is 2.34. The highest BCUT2D eigenvalue weighted by Crippen LogP contribution is 2.20. The fourth-order valence-electron chi connectivity index (χ4n) is 1.63. The molecule has 1 heterocycles. The largest absolute Gasteiger partial charge is 0.443 e. The standard InChI is InChI=1S/C14H17N3O2/c1-14(2,3)19-13(18)17-16-12-8-4-7-11-10(12)6-5-9-15-11/h4-9,16H,1-3H3,(H,17,18). The van der Waals surface area contributed by atoms with Crippen LogP contribution in [-0.2, 0) is 4.74 Å². The van der Waals surface area contributed by atoms with Crippen LogP contribution in [0.2, 0.25) is 0 Å². The van der Waals surface area contributed by atoms with Crippen LogP contribution in [0.3, 0.4) is 0 Å². The van der Waals surface area contributed by atoms with Gasteiger partial charge in [-0.2, -0.15) is 0 Å². The summed E-state index contributed by atoms with van der Waals surface area (Å²) in [6, 6.07) is 9.42. The maximum absolute atomic E-state index is 11.6. The van der Waals surface area contributed by atoms with Crippen LogP contribution in [0.25, 0.3) is 10.9 Å². The van der Waals surface area contributed by atoms with Crippen molar-refractivity contribution in [3.63, 3.8) is 0 Å². The Morgan fingerprint density at radius 2 is 2.00 bits per heavy atom. The molecule has 0 aliphatic heterocycles. The van der Waals surface area contributed by atoms with Crippen LogP contribution in [0.1, 0.15) is 20.8 Å². The molecule has 2 rings (SSSR count). The van der Waals surface area contributed by atoms with Gasteiger partial charge in [-0.15, -0.1) is 0 Å². The van der Waals surface area contributed by atoms with Crippen molar-refractivity contribution in [1.82, 2.24) is 10.4 Å². The second kappa shape index (κ2) is 5.14. The molecule has 1 aromatic carbocycles. The minimum atomic E-state index is -0.522. The number of nitrogens with one attached hydrogen (secondary N) is 2. The predicted molar refractivity (Wildman–Crippen MR) is 74.7 cm³/mol. The van der Waals surface area contributed by atoms with Gasteiger partial charge in [-0.3, -0.25) is 10.4 Å². The summed E-state index contributed by atoms with van der Waals surface area (Å²) in [4.78, 5) is 15.8. The van der Waals surface area contributed by atoms with Crippen LogP contribution < -0.4 is 10.9 Å². The molecule has 0 atom stereocenters. The van der Waals surface area contributed by atoms with Crippen molar-refractivity contribution in [1.29, 1.82) is 0 Å². The van der Waals surface area contributed by atoms with E-state index in [0.717, 1.165) is 16.6 Å². The van der Waals surface area contributed by atoms with Gasteiger partial charge >= 0.3 is 6.09 Å². The van der Waals surface area contributed by atoms with Gasteiger partial charge in [0.15, 0.2) is 0 Å². The van der Waals surface area contributed by atoms with Gasteiger partial charge in [0.25, 0.3) is 0 Å². The maximum atomic E-state index is 11.6. The number of ether oxygens (including phenoxy) is 1. The van der Waals surface area contributed by atoms with Crippen molar-refractivity contribution in [2.24, 2.45) is 0 Å². The first-order valence-electron chi connectivity index (χ1n) is 6.04. The van der Waals surface area contributed by atoms with Gasteiger partial charge in [0, 0.05) is 11.6 Å². The Hall–Kier alpha value is -2.30. The highest BCUT2D eigenvalue weighted by Gasteiger charge is 2.15. The van der Waals surface area contributed by atoms with Gasteiger partial charge in [0.1, 0.15) is 5.60 Å². The lowest BCUT2D eigenvalue weighted by Crippen LogP contribution is -2.35. The average molecular weight is 259 g/mol. The summed E-state index contributed by atoms with van der Waals surface area (Å²) in [6.45, 7) is 5.44. The summed E-state index contributed by atoms with van der Waals surface area (Å²) in [5.74, 6) is 0. The van der Waals surface area contributed by atoms with Crippen LogP contribution in [0.4, 0.5) is 10.5 Å². The number of fused-ring (bicyclic) bond motifs is 1. The highest BCUT2D eigenvalue weighted by molar-refractivity contribution is 5.91. The van der Waals surface area contributed by atoms with Gasteiger partial charge in [-0.05, 0) is 45.0 Å². The molecule has 0 bridgehead atoms. The summed E-state index contributed by atoms with van der Waals surface area (Å²) in [7, 11) is 0. The molecule has 1 amide bonds. The molecule has 0 aliphatic carbocycles. The first-order chi connectivity index (χ1) is 8.96. The van der Waals surface area contributed by atoms with Crippen LogP contribution in [0, 0.1) is 0 Å². The van der Waals surface area contributed by atoms with Gasteiger partial charge < -0.3 is 4.74 Å². The first kappa shape index (κ1) is 13.1. The second-order valence-electron chi connectivity index (χ2n) is 5.13. The van der Waals surface area contributed by atoms with Crippen molar-refractivity contribution >= 4 is 22.7 Å². The van der Waals surface area contributed by atoms with E-state index in [1.807, 2.05) is 51.1 Å². The molecule has 19 heavy (non-hydrogen) atoms. The lowest BCUT2D eigenvalue weighted by Gasteiger charge is -2.20. The normalized spacial score (nSPS) is 11.1. The molecule has 0 aliphatic rings. The fraction of sp³-hybridized carbons (Fsp3) is 0.286. The van der Waals surface area contributed by atoms with E-state index in [4.69, 9.17) is 4.74 Å². The Labute approximate surface area is 112 Å². The monoisotopic (exact) mass is 259 g/mol. The number of benzene rings is 1. The van der Waals surface area contributed by atoms with E-state index >= 15 is 0 Å². The number of carbonyl (C=O) groups is 1. The molecule has 0 radical (unpaired) electrons. The number of hydrogen-bond donors (Lipinski definition) is 2. The number of carbonyl (C=O) groups excluding carboxylic acids is 1. The van der Waals surface area contributed by atoms with Crippen molar-refractivity contribution in [3.05, 3.63) is 36.5 Å². The summed E-state index contributed by atoms with van der Waals surface area (Å²) in [5.41, 5.74) is 6.47. The Balaban J connectivity index is 2.08. The van der Waals surface area contributed by atoms with Crippen molar-refractivity contribution < 1.29 is 9.53 Å². The van der Waals surface area contributed by atoms with Gasteiger partial charge in [-0.25, -0.2) is 10.2 Å². The third-order valence-corrected chi connectivity index (χ3v) is 2.34. The van der Waals surface area contributed by atoms with Crippen LogP contribution >= 0.6 is 0 Å². The van der Waals surface area contributed by atoms with E-state index in [9.17, 15) is 4.79 Å². The minimum Gasteiger partial charge on any atom is -0.443 e. The molecule has 0 spiro atoms. The van der Waals surface area contributed by atoms with E-state index in [1.54, 1.807) is 6.20 Å². The third-order valence-electron chi connectivity index (χ3n) is 2.34. The third kappa shape index (κ3) is 3.58. The van der Waals surface area contributed by atoms with Crippen LogP contribution in [-0.4, -0.2) is 16.7 Å². The van der Waals surface area contributed by atoms with Gasteiger partial charge in [0.05, 0.1) is 11.2 Å². The van der Waals surface area contributed by atoms with Gasteiger partial charge in [0.2, 0.25) is 0 Å². The lowest BCUT2D eigenvalue weighted by atomic mass is 10.2. The molecule has 100 valence electrons.